The van der Waals surface area contributed by atoms with E-state index in [1.54, 1.807) is 26.8 Å². The Labute approximate surface area is 151 Å². The van der Waals surface area contributed by atoms with Gasteiger partial charge in [0.15, 0.2) is 0 Å². The van der Waals surface area contributed by atoms with Crippen LogP contribution in [0, 0.1) is 5.92 Å². The topological polar surface area (TPSA) is 88.5 Å². The van der Waals surface area contributed by atoms with Gasteiger partial charge in [-0.3, -0.25) is 0 Å². The number of aliphatic hydroxyl groups is 1. The lowest BCUT2D eigenvalue weighted by Crippen LogP contribution is -2.44. The quantitative estimate of drug-likeness (QED) is 0.631. The molecular weight excluding hydrogens is 344 g/mol. The number of hydrogen-bond donors (Lipinski definition) is 2. The molecule has 1 fully saturated rings. The molecule has 3 rings (SSSR count). The summed E-state index contributed by atoms with van der Waals surface area (Å²) in [7, 11) is 0. The Hall–Kier alpha value is -1.66. The highest BCUT2D eigenvalue weighted by atomic mass is 35.5. The summed E-state index contributed by atoms with van der Waals surface area (Å²) in [5.41, 5.74) is 0.863. The number of nitrogens with one attached hydrogen (secondary N) is 1. The van der Waals surface area contributed by atoms with Crippen molar-refractivity contribution in [2.24, 2.45) is 5.92 Å². The van der Waals surface area contributed by atoms with Crippen molar-refractivity contribution in [3.05, 3.63) is 28.0 Å². The third kappa shape index (κ3) is 3.80. The summed E-state index contributed by atoms with van der Waals surface area (Å²) < 4.78 is 5.28. The molecule has 0 spiro atoms. The third-order valence-electron chi connectivity index (χ3n) is 4.67. The number of carbonyl (C=O) groups excluding carboxylic acids is 2. The van der Waals surface area contributed by atoms with E-state index in [4.69, 9.17) is 16.3 Å². The summed E-state index contributed by atoms with van der Waals surface area (Å²) in [6.07, 6.45) is 1.87. The van der Waals surface area contributed by atoms with Crippen molar-refractivity contribution in [2.45, 2.75) is 63.7 Å². The Morgan fingerprint density at radius 1 is 1.48 bits per heavy atom. The molecule has 2 aliphatic carbocycles. The van der Waals surface area contributed by atoms with Crippen LogP contribution in [0.3, 0.4) is 0 Å². The minimum atomic E-state index is -0.974. The number of amides is 1. The van der Waals surface area contributed by atoms with Gasteiger partial charge in [0, 0.05) is 5.92 Å². The zero-order valence-electron chi connectivity index (χ0n) is 14.6. The summed E-state index contributed by atoms with van der Waals surface area (Å²) in [6, 6.07) is 1.80. The highest BCUT2D eigenvalue weighted by molar-refractivity contribution is 6.30. The van der Waals surface area contributed by atoms with Gasteiger partial charge in [-0.2, -0.15) is 0 Å². The fraction of sp³-hybridized carbons (Fsp3) is 0.611. The van der Waals surface area contributed by atoms with Crippen molar-refractivity contribution in [1.82, 2.24) is 10.3 Å². The number of halogens is 1. The normalized spacial score (nSPS) is 22.0. The monoisotopic (exact) mass is 366 g/mol. The molecule has 6 nitrogen and oxygen atoms in total. The molecule has 0 radical (unpaired) electrons. The van der Waals surface area contributed by atoms with Gasteiger partial charge >= 0.3 is 6.09 Å². The van der Waals surface area contributed by atoms with Crippen LogP contribution in [0.5, 0.6) is 0 Å². The number of aliphatic hydroxyl groups excluding tert-OH is 1. The standard InChI is InChI=1S/C18H23ClN2O4/c1-17(2,3)25-16(24)21-18(4-5-18)14(23)13-8-11-6-10(9-22)7-12(11)15(19)20-13/h8-10,14,23H,4-7H2,1-3H3,(H,21,24). The zero-order chi connectivity index (χ0) is 18.4. The van der Waals surface area contributed by atoms with Gasteiger partial charge in [0.1, 0.15) is 23.1 Å². The maximum atomic E-state index is 12.1. The minimum absolute atomic E-state index is 0.0866. The molecule has 136 valence electrons. The number of alkyl carbamates (subject to hydrolysis) is 1. The average molecular weight is 367 g/mol. The number of aromatic nitrogens is 1. The van der Waals surface area contributed by atoms with Crippen LogP contribution in [0.4, 0.5) is 4.79 Å². The first-order valence-corrected chi connectivity index (χ1v) is 8.84. The van der Waals surface area contributed by atoms with Gasteiger partial charge in [0.05, 0.1) is 11.2 Å². The molecule has 0 saturated heterocycles. The molecule has 2 unspecified atom stereocenters. The molecule has 1 aromatic rings. The van der Waals surface area contributed by atoms with E-state index in [9.17, 15) is 14.7 Å². The SMILES string of the molecule is CC(C)(C)OC(=O)NC1(C(O)c2cc3c(c(Cl)n2)CC(C=O)C3)CC1. The van der Waals surface area contributed by atoms with Crippen molar-refractivity contribution in [2.75, 3.05) is 0 Å². The first-order chi connectivity index (χ1) is 11.6. The molecule has 1 heterocycles. The van der Waals surface area contributed by atoms with Crippen LogP contribution in [0.1, 0.15) is 56.5 Å². The average Bonchev–Trinajstić information content (AvgIpc) is 3.14. The van der Waals surface area contributed by atoms with Crippen LogP contribution >= 0.6 is 11.6 Å². The number of nitrogens with zero attached hydrogens (tertiary/aromatic N) is 1. The fourth-order valence-corrected chi connectivity index (χ4v) is 3.55. The molecule has 7 heteroatoms. The van der Waals surface area contributed by atoms with E-state index in [2.05, 4.69) is 10.3 Å². The van der Waals surface area contributed by atoms with Gasteiger partial charge in [-0.25, -0.2) is 9.78 Å². The molecule has 1 saturated carbocycles. The first kappa shape index (κ1) is 18.1. The molecule has 2 atom stereocenters. The number of ether oxygens (including phenoxy) is 1. The van der Waals surface area contributed by atoms with Crippen molar-refractivity contribution in [1.29, 1.82) is 0 Å². The largest absolute Gasteiger partial charge is 0.444 e. The Bertz CT molecular complexity index is 710. The molecule has 2 aliphatic rings. The van der Waals surface area contributed by atoms with Gasteiger partial charge < -0.3 is 20.0 Å². The van der Waals surface area contributed by atoms with Crippen LogP contribution in [0.25, 0.3) is 0 Å². The Morgan fingerprint density at radius 2 is 2.16 bits per heavy atom. The lowest BCUT2D eigenvalue weighted by molar-refractivity contribution is -0.110. The second-order valence-corrected chi connectivity index (χ2v) is 8.32. The molecular formula is C18H23ClN2O4. The van der Waals surface area contributed by atoms with E-state index < -0.39 is 23.3 Å². The van der Waals surface area contributed by atoms with Gasteiger partial charge in [-0.05, 0) is 63.6 Å². The van der Waals surface area contributed by atoms with Crippen molar-refractivity contribution in [3.63, 3.8) is 0 Å². The summed E-state index contributed by atoms with van der Waals surface area (Å²) in [4.78, 5) is 27.4. The van der Waals surface area contributed by atoms with Gasteiger partial charge in [0.2, 0.25) is 0 Å². The van der Waals surface area contributed by atoms with Crippen LogP contribution < -0.4 is 5.32 Å². The molecule has 25 heavy (non-hydrogen) atoms. The molecule has 2 N–H and O–H groups in total. The number of rotatable bonds is 4. The van der Waals surface area contributed by atoms with Crippen LogP contribution in [-0.2, 0) is 22.4 Å². The Morgan fingerprint density at radius 3 is 2.72 bits per heavy atom. The zero-order valence-corrected chi connectivity index (χ0v) is 15.4. The number of hydrogen-bond acceptors (Lipinski definition) is 5. The maximum Gasteiger partial charge on any atom is 0.408 e. The van der Waals surface area contributed by atoms with E-state index in [0.717, 1.165) is 17.4 Å². The van der Waals surface area contributed by atoms with Crippen molar-refractivity contribution < 1.29 is 19.4 Å². The lowest BCUT2D eigenvalue weighted by Gasteiger charge is -2.26. The molecule has 0 aliphatic heterocycles. The molecule has 1 amide bonds. The highest BCUT2D eigenvalue weighted by Gasteiger charge is 2.52. The number of carbonyl (C=O) groups is 2. The van der Waals surface area contributed by atoms with E-state index in [0.29, 0.717) is 36.5 Å². The predicted molar refractivity (Wildman–Crippen MR) is 92.5 cm³/mol. The van der Waals surface area contributed by atoms with E-state index in [1.807, 2.05) is 0 Å². The van der Waals surface area contributed by atoms with Gasteiger partial charge in [-0.15, -0.1) is 0 Å². The first-order valence-electron chi connectivity index (χ1n) is 8.46. The number of pyridine rings is 1. The summed E-state index contributed by atoms with van der Waals surface area (Å²) in [5, 5.41) is 13.9. The second kappa shape index (κ2) is 6.25. The number of aldehydes is 1. The summed E-state index contributed by atoms with van der Waals surface area (Å²) >= 11 is 6.25. The maximum absolute atomic E-state index is 12.1. The summed E-state index contributed by atoms with van der Waals surface area (Å²) in [6.45, 7) is 5.36. The van der Waals surface area contributed by atoms with E-state index in [1.165, 1.54) is 0 Å². The third-order valence-corrected chi connectivity index (χ3v) is 4.98. The predicted octanol–water partition coefficient (Wildman–Crippen LogP) is 2.74. The van der Waals surface area contributed by atoms with Crippen molar-refractivity contribution in [3.8, 4) is 0 Å². The molecule has 0 bridgehead atoms. The minimum Gasteiger partial charge on any atom is -0.444 e. The second-order valence-electron chi connectivity index (χ2n) is 7.97. The Balaban J connectivity index is 1.77. The van der Waals surface area contributed by atoms with Crippen LogP contribution in [0.2, 0.25) is 5.15 Å². The van der Waals surface area contributed by atoms with Crippen LogP contribution in [-0.4, -0.2) is 33.6 Å². The van der Waals surface area contributed by atoms with Crippen molar-refractivity contribution >= 4 is 24.0 Å². The molecule has 1 aromatic heterocycles. The highest BCUT2D eigenvalue weighted by Crippen LogP contribution is 2.46. The van der Waals surface area contributed by atoms with Crippen LogP contribution in [0.15, 0.2) is 6.07 Å². The Kier molecular flexibility index (Phi) is 4.54. The van der Waals surface area contributed by atoms with Gasteiger partial charge in [0.25, 0.3) is 0 Å². The summed E-state index contributed by atoms with van der Waals surface area (Å²) in [5.74, 6) is -0.0866. The smallest absolute Gasteiger partial charge is 0.408 e. The fourth-order valence-electron chi connectivity index (χ4n) is 3.25. The van der Waals surface area contributed by atoms with Gasteiger partial charge in [-0.1, -0.05) is 11.6 Å². The lowest BCUT2D eigenvalue weighted by atomic mass is 10.0. The number of fused-ring (bicyclic) bond motifs is 1. The van der Waals surface area contributed by atoms with E-state index >= 15 is 0 Å². The molecule has 0 aromatic carbocycles. The van der Waals surface area contributed by atoms with E-state index in [-0.39, 0.29) is 5.92 Å².